The standard InChI is InChI=1S/C23H24OS2/c1-17-7-3-5-9-20(17)15-25-23(19-11-13-22(24)14-12-19)26-16-21-10-6-4-8-18(21)2/h3-14,23-24H,15-16H2,1-2H3. The summed E-state index contributed by atoms with van der Waals surface area (Å²) in [5.41, 5.74) is 6.71. The maximum absolute atomic E-state index is 9.61. The first-order valence-corrected chi connectivity index (χ1v) is 10.8. The summed E-state index contributed by atoms with van der Waals surface area (Å²) in [5, 5.41) is 9.61. The highest BCUT2D eigenvalue weighted by Crippen LogP contribution is 2.43. The number of aromatic hydroxyl groups is 1. The van der Waals surface area contributed by atoms with E-state index in [1.165, 1.54) is 27.8 Å². The smallest absolute Gasteiger partial charge is 0.115 e. The first kappa shape index (κ1) is 18.9. The fourth-order valence-corrected chi connectivity index (χ4v) is 5.55. The van der Waals surface area contributed by atoms with Crippen molar-refractivity contribution in [2.24, 2.45) is 0 Å². The zero-order valence-corrected chi connectivity index (χ0v) is 16.8. The molecule has 134 valence electrons. The van der Waals surface area contributed by atoms with Gasteiger partial charge in [0.1, 0.15) is 5.75 Å². The second-order valence-electron chi connectivity index (χ2n) is 6.40. The van der Waals surface area contributed by atoms with E-state index in [1.54, 1.807) is 12.1 Å². The van der Waals surface area contributed by atoms with Crippen molar-refractivity contribution in [2.75, 3.05) is 0 Å². The lowest BCUT2D eigenvalue weighted by atomic mass is 10.1. The molecule has 3 rings (SSSR count). The van der Waals surface area contributed by atoms with Crippen LogP contribution in [-0.2, 0) is 11.5 Å². The van der Waals surface area contributed by atoms with Gasteiger partial charge < -0.3 is 5.11 Å². The van der Waals surface area contributed by atoms with Crippen LogP contribution in [0.25, 0.3) is 0 Å². The molecule has 0 aliphatic carbocycles. The van der Waals surface area contributed by atoms with Gasteiger partial charge in [0.05, 0.1) is 4.58 Å². The van der Waals surface area contributed by atoms with Gasteiger partial charge in [-0.05, 0) is 53.8 Å². The maximum atomic E-state index is 9.61. The third-order valence-corrected chi connectivity index (χ3v) is 7.39. The van der Waals surface area contributed by atoms with Gasteiger partial charge in [-0.2, -0.15) is 0 Å². The molecular weight excluding hydrogens is 356 g/mol. The summed E-state index contributed by atoms with van der Waals surface area (Å²) < 4.78 is 0.329. The minimum atomic E-state index is 0.320. The quantitative estimate of drug-likeness (QED) is 0.451. The van der Waals surface area contributed by atoms with Gasteiger partial charge in [-0.3, -0.25) is 0 Å². The zero-order chi connectivity index (χ0) is 18.4. The van der Waals surface area contributed by atoms with Gasteiger partial charge in [-0.15, -0.1) is 23.5 Å². The molecule has 1 N–H and O–H groups in total. The number of aryl methyl sites for hydroxylation is 2. The second-order valence-corrected chi connectivity index (χ2v) is 8.88. The van der Waals surface area contributed by atoms with Gasteiger partial charge in [0.15, 0.2) is 0 Å². The van der Waals surface area contributed by atoms with E-state index in [1.807, 2.05) is 35.7 Å². The molecule has 3 aromatic rings. The summed E-state index contributed by atoms with van der Waals surface area (Å²) in [5.74, 6) is 2.29. The lowest BCUT2D eigenvalue weighted by Gasteiger charge is -2.18. The van der Waals surface area contributed by atoms with Gasteiger partial charge in [-0.25, -0.2) is 0 Å². The van der Waals surface area contributed by atoms with E-state index < -0.39 is 0 Å². The minimum absolute atomic E-state index is 0.320. The summed E-state index contributed by atoms with van der Waals surface area (Å²) in [6, 6.07) is 24.8. The van der Waals surface area contributed by atoms with E-state index in [-0.39, 0.29) is 0 Å². The van der Waals surface area contributed by atoms with Crippen molar-refractivity contribution >= 4 is 23.5 Å². The first-order valence-electron chi connectivity index (χ1n) is 8.74. The average molecular weight is 381 g/mol. The molecule has 1 nitrogen and oxygen atoms in total. The molecule has 0 radical (unpaired) electrons. The van der Waals surface area contributed by atoms with Gasteiger partial charge in [-0.1, -0.05) is 60.7 Å². The van der Waals surface area contributed by atoms with E-state index in [4.69, 9.17) is 0 Å². The molecule has 0 saturated heterocycles. The Morgan fingerprint density at radius 3 is 1.62 bits per heavy atom. The molecule has 0 aromatic heterocycles. The van der Waals surface area contributed by atoms with Gasteiger partial charge >= 0.3 is 0 Å². The van der Waals surface area contributed by atoms with Crippen molar-refractivity contribution in [3.8, 4) is 5.75 Å². The summed E-state index contributed by atoms with van der Waals surface area (Å²) in [7, 11) is 0. The fraction of sp³-hybridized carbons (Fsp3) is 0.217. The molecule has 0 aliphatic rings. The van der Waals surface area contributed by atoms with Crippen LogP contribution < -0.4 is 0 Å². The Kier molecular flexibility index (Phi) is 6.70. The Labute approximate surface area is 164 Å². The normalized spacial score (nSPS) is 11.0. The number of hydrogen-bond donors (Lipinski definition) is 1. The van der Waals surface area contributed by atoms with Crippen LogP contribution in [0.4, 0.5) is 0 Å². The molecule has 0 saturated carbocycles. The largest absolute Gasteiger partial charge is 0.508 e. The van der Waals surface area contributed by atoms with Gasteiger partial charge in [0, 0.05) is 11.5 Å². The van der Waals surface area contributed by atoms with Crippen LogP contribution in [0.1, 0.15) is 32.4 Å². The Bertz CT molecular complexity index is 793. The van der Waals surface area contributed by atoms with E-state index in [0.717, 1.165) is 11.5 Å². The molecule has 0 spiro atoms. The molecule has 26 heavy (non-hydrogen) atoms. The summed E-state index contributed by atoms with van der Waals surface area (Å²) in [4.78, 5) is 0. The van der Waals surface area contributed by atoms with Crippen LogP contribution in [0.5, 0.6) is 5.75 Å². The minimum Gasteiger partial charge on any atom is -0.508 e. The predicted octanol–water partition coefficient (Wildman–Crippen LogP) is 6.87. The maximum Gasteiger partial charge on any atom is 0.115 e. The van der Waals surface area contributed by atoms with Crippen molar-refractivity contribution in [1.82, 2.24) is 0 Å². The monoisotopic (exact) mass is 380 g/mol. The number of phenolic OH excluding ortho intramolecular Hbond substituents is 1. The van der Waals surface area contributed by atoms with Crippen LogP contribution in [0.2, 0.25) is 0 Å². The Balaban J connectivity index is 1.74. The third kappa shape index (κ3) is 5.09. The van der Waals surface area contributed by atoms with Crippen LogP contribution >= 0.6 is 23.5 Å². The SMILES string of the molecule is Cc1ccccc1CSC(SCc1ccccc1C)c1ccc(O)cc1. The van der Waals surface area contributed by atoms with Crippen molar-refractivity contribution in [3.63, 3.8) is 0 Å². The molecule has 0 unspecified atom stereocenters. The van der Waals surface area contributed by atoms with E-state index in [2.05, 4.69) is 62.4 Å². The highest BCUT2D eigenvalue weighted by atomic mass is 32.2. The number of phenols is 1. The molecule has 0 heterocycles. The second kappa shape index (κ2) is 9.20. The first-order chi connectivity index (χ1) is 12.6. The predicted molar refractivity (Wildman–Crippen MR) is 116 cm³/mol. The summed E-state index contributed by atoms with van der Waals surface area (Å²) in [6.07, 6.45) is 0. The average Bonchev–Trinajstić information content (AvgIpc) is 2.65. The molecule has 0 fully saturated rings. The van der Waals surface area contributed by atoms with Crippen molar-refractivity contribution in [2.45, 2.75) is 29.9 Å². The van der Waals surface area contributed by atoms with Crippen LogP contribution in [-0.4, -0.2) is 5.11 Å². The molecule has 3 aromatic carbocycles. The molecule has 0 atom stereocenters. The highest BCUT2D eigenvalue weighted by Gasteiger charge is 2.14. The number of benzene rings is 3. The van der Waals surface area contributed by atoms with E-state index in [0.29, 0.717) is 10.3 Å². The Hall–Kier alpha value is -1.84. The summed E-state index contributed by atoms with van der Waals surface area (Å²) in [6.45, 7) is 4.35. The molecule has 0 bridgehead atoms. The number of rotatable bonds is 7. The van der Waals surface area contributed by atoms with Crippen LogP contribution in [0.15, 0.2) is 72.8 Å². The topological polar surface area (TPSA) is 20.2 Å². The van der Waals surface area contributed by atoms with Crippen molar-refractivity contribution < 1.29 is 5.11 Å². The van der Waals surface area contributed by atoms with E-state index >= 15 is 0 Å². The van der Waals surface area contributed by atoms with Crippen LogP contribution in [0, 0.1) is 13.8 Å². The molecule has 3 heteroatoms. The highest BCUT2D eigenvalue weighted by molar-refractivity contribution is 8.15. The van der Waals surface area contributed by atoms with E-state index in [9.17, 15) is 5.11 Å². The molecular formula is C23H24OS2. The Morgan fingerprint density at radius 2 is 1.15 bits per heavy atom. The lowest BCUT2D eigenvalue weighted by molar-refractivity contribution is 0.475. The molecule has 0 amide bonds. The van der Waals surface area contributed by atoms with Gasteiger partial charge in [0.25, 0.3) is 0 Å². The number of thioether (sulfide) groups is 2. The van der Waals surface area contributed by atoms with Crippen molar-refractivity contribution in [3.05, 3.63) is 101 Å². The van der Waals surface area contributed by atoms with Gasteiger partial charge in [0.2, 0.25) is 0 Å². The number of hydrogen-bond acceptors (Lipinski definition) is 3. The van der Waals surface area contributed by atoms with Crippen LogP contribution in [0.3, 0.4) is 0 Å². The third-order valence-electron chi connectivity index (χ3n) is 4.47. The Morgan fingerprint density at radius 1 is 0.692 bits per heavy atom. The lowest BCUT2D eigenvalue weighted by Crippen LogP contribution is -1.94. The zero-order valence-electron chi connectivity index (χ0n) is 15.2. The fourth-order valence-electron chi connectivity index (χ4n) is 2.75. The summed E-state index contributed by atoms with van der Waals surface area (Å²) >= 11 is 3.91. The molecule has 0 aliphatic heterocycles. The van der Waals surface area contributed by atoms with Crippen molar-refractivity contribution in [1.29, 1.82) is 0 Å².